The van der Waals surface area contributed by atoms with Gasteiger partial charge < -0.3 is 11.1 Å². The summed E-state index contributed by atoms with van der Waals surface area (Å²) in [7, 11) is 0. The number of rotatable bonds is 4. The summed E-state index contributed by atoms with van der Waals surface area (Å²) < 4.78 is 12.8. The van der Waals surface area contributed by atoms with Crippen LogP contribution in [-0.4, -0.2) is 18.5 Å². The summed E-state index contributed by atoms with van der Waals surface area (Å²) in [4.78, 5) is 12.0. The van der Waals surface area contributed by atoms with Gasteiger partial charge in [-0.3, -0.25) is 4.79 Å². The third-order valence-corrected chi connectivity index (χ3v) is 3.84. The van der Waals surface area contributed by atoms with E-state index in [1.165, 1.54) is 18.6 Å². The molecule has 1 amide bonds. The van der Waals surface area contributed by atoms with Gasteiger partial charge in [-0.15, -0.1) is 0 Å². The summed E-state index contributed by atoms with van der Waals surface area (Å²) in [5, 5.41) is 3.07. The maximum Gasteiger partial charge on any atom is 0.224 e. The summed E-state index contributed by atoms with van der Waals surface area (Å²) in [5.41, 5.74) is 6.58. The van der Waals surface area contributed by atoms with Crippen LogP contribution in [0.25, 0.3) is 0 Å². The number of nitrogens with two attached hydrogens (primary N) is 1. The molecule has 104 valence electrons. The molecule has 0 aliphatic heterocycles. The molecule has 0 aromatic heterocycles. The second-order valence-electron chi connectivity index (χ2n) is 5.26. The Morgan fingerprint density at radius 3 is 2.63 bits per heavy atom. The smallest absolute Gasteiger partial charge is 0.224 e. The molecule has 1 fully saturated rings. The molecule has 0 bridgehead atoms. The zero-order valence-corrected chi connectivity index (χ0v) is 11.1. The van der Waals surface area contributed by atoms with Gasteiger partial charge in [-0.2, -0.15) is 0 Å². The van der Waals surface area contributed by atoms with Crippen molar-refractivity contribution in [2.45, 2.75) is 38.1 Å². The van der Waals surface area contributed by atoms with E-state index >= 15 is 0 Å². The van der Waals surface area contributed by atoms with Crippen LogP contribution in [0.1, 0.15) is 31.2 Å². The predicted octanol–water partition coefficient (Wildman–Crippen LogP) is 2.00. The zero-order valence-electron chi connectivity index (χ0n) is 11.1. The standard InChI is InChI=1S/C15H21FN2O/c16-13-7-5-11(6-8-13)9-15(19)18-14-4-2-1-3-12(14)10-17/h5-8,12,14H,1-4,9-10,17H2,(H,18,19). The van der Waals surface area contributed by atoms with E-state index in [4.69, 9.17) is 5.73 Å². The number of amides is 1. The summed E-state index contributed by atoms with van der Waals surface area (Å²) in [6, 6.07) is 6.26. The van der Waals surface area contributed by atoms with Crippen molar-refractivity contribution in [2.75, 3.05) is 6.54 Å². The number of carbonyl (C=O) groups excluding carboxylic acids is 1. The van der Waals surface area contributed by atoms with Crippen LogP contribution < -0.4 is 11.1 Å². The van der Waals surface area contributed by atoms with Crippen LogP contribution in [0.3, 0.4) is 0 Å². The van der Waals surface area contributed by atoms with Crippen LogP contribution in [0.15, 0.2) is 24.3 Å². The molecule has 2 atom stereocenters. The highest BCUT2D eigenvalue weighted by molar-refractivity contribution is 5.78. The molecule has 1 aliphatic rings. The molecule has 1 aliphatic carbocycles. The van der Waals surface area contributed by atoms with Gasteiger partial charge in [0.15, 0.2) is 0 Å². The molecule has 0 radical (unpaired) electrons. The first-order valence-corrected chi connectivity index (χ1v) is 6.93. The lowest BCUT2D eigenvalue weighted by atomic mass is 9.84. The molecule has 2 rings (SSSR count). The fourth-order valence-electron chi connectivity index (χ4n) is 2.73. The van der Waals surface area contributed by atoms with E-state index in [9.17, 15) is 9.18 Å². The van der Waals surface area contributed by atoms with Gasteiger partial charge in [0.05, 0.1) is 6.42 Å². The summed E-state index contributed by atoms with van der Waals surface area (Å²) >= 11 is 0. The van der Waals surface area contributed by atoms with E-state index in [-0.39, 0.29) is 17.8 Å². The Bertz CT molecular complexity index is 419. The topological polar surface area (TPSA) is 55.1 Å². The van der Waals surface area contributed by atoms with Crippen LogP contribution in [-0.2, 0) is 11.2 Å². The second kappa shape index (κ2) is 6.66. The number of halogens is 1. The lowest BCUT2D eigenvalue weighted by Gasteiger charge is -2.31. The number of carbonyl (C=O) groups is 1. The summed E-state index contributed by atoms with van der Waals surface area (Å²) in [6.45, 7) is 0.626. The van der Waals surface area contributed by atoms with Gasteiger partial charge in [0.1, 0.15) is 5.82 Å². The fourth-order valence-corrected chi connectivity index (χ4v) is 2.73. The van der Waals surface area contributed by atoms with E-state index in [0.29, 0.717) is 18.9 Å². The van der Waals surface area contributed by atoms with Crippen LogP contribution in [0, 0.1) is 11.7 Å². The van der Waals surface area contributed by atoms with E-state index < -0.39 is 0 Å². The Hall–Kier alpha value is -1.42. The normalized spacial score (nSPS) is 23.1. The summed E-state index contributed by atoms with van der Waals surface area (Å²) in [6.07, 6.45) is 4.76. The van der Waals surface area contributed by atoms with Crippen LogP contribution in [0.5, 0.6) is 0 Å². The fraction of sp³-hybridized carbons (Fsp3) is 0.533. The maximum absolute atomic E-state index is 12.8. The number of hydrogen-bond acceptors (Lipinski definition) is 2. The molecule has 4 heteroatoms. The molecule has 0 saturated heterocycles. The van der Waals surface area contributed by atoms with E-state index in [2.05, 4.69) is 5.32 Å². The molecule has 3 nitrogen and oxygen atoms in total. The molecule has 3 N–H and O–H groups in total. The quantitative estimate of drug-likeness (QED) is 0.874. The van der Waals surface area contributed by atoms with Crippen molar-refractivity contribution in [3.05, 3.63) is 35.6 Å². The largest absolute Gasteiger partial charge is 0.353 e. The first-order chi connectivity index (χ1) is 9.19. The van der Waals surface area contributed by atoms with Crippen molar-refractivity contribution in [1.29, 1.82) is 0 Å². The average Bonchev–Trinajstić information content (AvgIpc) is 2.42. The molecule has 1 aromatic rings. The second-order valence-corrected chi connectivity index (χ2v) is 5.26. The Morgan fingerprint density at radius 1 is 1.26 bits per heavy atom. The third-order valence-electron chi connectivity index (χ3n) is 3.84. The van der Waals surface area contributed by atoms with Crippen LogP contribution in [0.2, 0.25) is 0 Å². The van der Waals surface area contributed by atoms with Gasteiger partial charge in [0.2, 0.25) is 5.91 Å². The molecule has 1 saturated carbocycles. The monoisotopic (exact) mass is 264 g/mol. The maximum atomic E-state index is 12.8. The van der Waals surface area contributed by atoms with Gasteiger partial charge in [-0.05, 0) is 43.0 Å². The minimum Gasteiger partial charge on any atom is -0.353 e. The van der Waals surface area contributed by atoms with Gasteiger partial charge >= 0.3 is 0 Å². The third kappa shape index (κ3) is 4.03. The molecule has 0 spiro atoms. The minimum absolute atomic E-state index is 0.00282. The summed E-state index contributed by atoms with van der Waals surface area (Å²) in [5.74, 6) is 0.113. The first-order valence-electron chi connectivity index (χ1n) is 6.93. The minimum atomic E-state index is -0.278. The molecule has 0 heterocycles. The molecule has 2 unspecified atom stereocenters. The van der Waals surface area contributed by atoms with Gasteiger partial charge in [-0.25, -0.2) is 4.39 Å². The SMILES string of the molecule is NCC1CCCCC1NC(=O)Cc1ccc(F)cc1. The van der Waals surface area contributed by atoms with Gasteiger partial charge in [0, 0.05) is 6.04 Å². The zero-order chi connectivity index (χ0) is 13.7. The van der Waals surface area contributed by atoms with Crippen molar-refractivity contribution in [1.82, 2.24) is 5.32 Å². The van der Waals surface area contributed by atoms with Gasteiger partial charge in [-0.1, -0.05) is 25.0 Å². The van der Waals surface area contributed by atoms with E-state index in [0.717, 1.165) is 24.8 Å². The molecule has 1 aromatic carbocycles. The average molecular weight is 264 g/mol. The van der Waals surface area contributed by atoms with Gasteiger partial charge in [0.25, 0.3) is 0 Å². The lowest BCUT2D eigenvalue weighted by Crippen LogP contribution is -2.45. The number of hydrogen-bond donors (Lipinski definition) is 2. The molecular weight excluding hydrogens is 243 g/mol. The Labute approximate surface area is 113 Å². The van der Waals surface area contributed by atoms with Crippen molar-refractivity contribution >= 4 is 5.91 Å². The van der Waals surface area contributed by atoms with E-state index in [1.54, 1.807) is 12.1 Å². The van der Waals surface area contributed by atoms with Crippen molar-refractivity contribution in [3.8, 4) is 0 Å². The Balaban J connectivity index is 1.88. The first kappa shape index (κ1) is 14.0. The van der Waals surface area contributed by atoms with E-state index in [1.807, 2.05) is 0 Å². The predicted molar refractivity (Wildman–Crippen MR) is 73.0 cm³/mol. The molecule has 19 heavy (non-hydrogen) atoms. The van der Waals surface area contributed by atoms with Crippen molar-refractivity contribution in [3.63, 3.8) is 0 Å². The van der Waals surface area contributed by atoms with Crippen LogP contribution >= 0.6 is 0 Å². The number of benzene rings is 1. The molecular formula is C15H21FN2O. The Morgan fingerprint density at radius 2 is 1.95 bits per heavy atom. The van der Waals surface area contributed by atoms with Crippen molar-refractivity contribution in [2.24, 2.45) is 11.7 Å². The highest BCUT2D eigenvalue weighted by Crippen LogP contribution is 2.23. The number of nitrogens with one attached hydrogen (secondary N) is 1. The van der Waals surface area contributed by atoms with Crippen molar-refractivity contribution < 1.29 is 9.18 Å². The highest BCUT2D eigenvalue weighted by atomic mass is 19.1. The lowest BCUT2D eigenvalue weighted by molar-refractivity contribution is -0.121. The van der Waals surface area contributed by atoms with Crippen LogP contribution in [0.4, 0.5) is 4.39 Å². The Kier molecular flexibility index (Phi) is 4.91. The highest BCUT2D eigenvalue weighted by Gasteiger charge is 2.25.